The number of nitrogens with one attached hydrogen (secondary N) is 2. The molecule has 1 heterocycles. The minimum Gasteiger partial charge on any atom is -0.369 e. The van der Waals surface area contributed by atoms with Gasteiger partial charge >= 0.3 is 0 Å². The highest BCUT2D eigenvalue weighted by Crippen LogP contribution is 2.34. The van der Waals surface area contributed by atoms with Gasteiger partial charge in [-0.2, -0.15) is 0 Å². The van der Waals surface area contributed by atoms with Crippen LogP contribution in [0.25, 0.3) is 0 Å². The molecule has 6 nitrogen and oxygen atoms in total. The zero-order chi connectivity index (χ0) is 25.7. The summed E-state index contributed by atoms with van der Waals surface area (Å²) in [6, 6.07) is 6.79. The van der Waals surface area contributed by atoms with Crippen molar-refractivity contribution >= 4 is 23.2 Å². The van der Waals surface area contributed by atoms with Gasteiger partial charge in [-0.3, -0.25) is 9.59 Å². The lowest BCUT2D eigenvalue weighted by molar-refractivity contribution is 0.0950. The Morgan fingerprint density at radius 2 is 1.74 bits per heavy atom. The van der Waals surface area contributed by atoms with Crippen LogP contribution in [0.1, 0.15) is 78.7 Å². The molecular weight excluding hydrogens is 460 g/mol. The Kier molecular flexibility index (Phi) is 9.42. The molecule has 1 aliphatic rings. The van der Waals surface area contributed by atoms with E-state index in [0.717, 1.165) is 54.7 Å². The number of aryl methyl sites for hydroxylation is 2. The number of H-pyrrole nitrogens is 1. The third-order valence-corrected chi connectivity index (χ3v) is 7.60. The molecule has 0 aliphatic heterocycles. The highest BCUT2D eigenvalue weighted by Gasteiger charge is 2.28. The van der Waals surface area contributed by atoms with Crippen LogP contribution in [0.5, 0.6) is 0 Å². The fourth-order valence-corrected chi connectivity index (χ4v) is 5.66. The van der Waals surface area contributed by atoms with Gasteiger partial charge in [0.05, 0.1) is 0 Å². The van der Waals surface area contributed by atoms with Gasteiger partial charge in [-0.05, 0) is 96.3 Å². The van der Waals surface area contributed by atoms with E-state index in [1.54, 1.807) is 6.07 Å². The van der Waals surface area contributed by atoms with Crippen molar-refractivity contribution in [3.8, 4) is 0 Å². The number of carbonyl (C=O) groups is 1. The molecule has 1 aromatic carbocycles. The Morgan fingerprint density at radius 3 is 2.34 bits per heavy atom. The van der Waals surface area contributed by atoms with E-state index in [1.165, 1.54) is 12.8 Å². The molecule has 0 spiro atoms. The number of rotatable bonds is 9. The van der Waals surface area contributed by atoms with Crippen molar-refractivity contribution in [2.45, 2.75) is 84.8 Å². The normalized spacial score (nSPS) is 18.1. The Hall–Kier alpha value is -2.31. The number of carbonyl (C=O) groups excluding carboxylic acids is 1. The second-order valence-electron chi connectivity index (χ2n) is 10.0. The van der Waals surface area contributed by atoms with Crippen LogP contribution in [-0.4, -0.2) is 48.5 Å². The average Bonchev–Trinajstić information content (AvgIpc) is 2.81. The molecule has 0 atom stereocenters. The third kappa shape index (κ3) is 6.47. The maximum Gasteiger partial charge on any atom is 0.253 e. The summed E-state index contributed by atoms with van der Waals surface area (Å²) in [6.45, 7) is 9.18. The van der Waals surface area contributed by atoms with Crippen LogP contribution >= 0.6 is 11.6 Å². The first kappa shape index (κ1) is 27.3. The topological polar surface area (TPSA) is 68.4 Å². The first-order chi connectivity index (χ1) is 16.7. The number of hydrogen-bond acceptors (Lipinski definition) is 4. The van der Waals surface area contributed by atoms with Crippen LogP contribution in [0.3, 0.4) is 0 Å². The molecular formula is C28H41ClN4O2. The van der Waals surface area contributed by atoms with Crippen LogP contribution in [0, 0.1) is 13.8 Å². The van der Waals surface area contributed by atoms with E-state index in [9.17, 15) is 9.59 Å². The fourth-order valence-electron chi connectivity index (χ4n) is 5.45. The molecule has 35 heavy (non-hydrogen) atoms. The minimum absolute atomic E-state index is 0.136. The summed E-state index contributed by atoms with van der Waals surface area (Å²) in [6.07, 6.45) is 6.33. The monoisotopic (exact) mass is 500 g/mol. The molecule has 1 aliphatic carbocycles. The van der Waals surface area contributed by atoms with Crippen molar-refractivity contribution in [2.24, 2.45) is 0 Å². The van der Waals surface area contributed by atoms with Crippen LogP contribution in [-0.2, 0) is 13.0 Å². The van der Waals surface area contributed by atoms with Crippen molar-refractivity contribution in [3.05, 3.63) is 61.5 Å². The maximum atomic E-state index is 13.3. The number of nitrogens with zero attached hydrogens (tertiary/aromatic N) is 2. The predicted molar refractivity (Wildman–Crippen MR) is 146 cm³/mol. The number of halogens is 1. The quantitative estimate of drug-likeness (QED) is 0.495. The summed E-state index contributed by atoms with van der Waals surface area (Å²) in [7, 11) is 4.31. The summed E-state index contributed by atoms with van der Waals surface area (Å²) in [4.78, 5) is 33.5. The Morgan fingerprint density at radius 1 is 1.09 bits per heavy atom. The summed E-state index contributed by atoms with van der Waals surface area (Å²) in [5.41, 5.74) is 4.83. The largest absolute Gasteiger partial charge is 0.369 e. The Balaban J connectivity index is 1.82. The zero-order valence-corrected chi connectivity index (χ0v) is 22.9. The first-order valence-electron chi connectivity index (χ1n) is 12.9. The summed E-state index contributed by atoms with van der Waals surface area (Å²) in [5, 5.41) is 3.53. The molecule has 0 bridgehead atoms. The maximum absolute atomic E-state index is 13.3. The van der Waals surface area contributed by atoms with Gasteiger partial charge in [0, 0.05) is 52.7 Å². The lowest BCUT2D eigenvalue weighted by Crippen LogP contribution is -2.42. The molecule has 0 unspecified atom stereocenters. The lowest BCUT2D eigenvalue weighted by atomic mass is 9.89. The molecule has 2 aromatic rings. The number of hydrogen-bond donors (Lipinski definition) is 2. The number of aromatic amines is 1. The zero-order valence-electron chi connectivity index (χ0n) is 22.1. The number of amides is 1. The number of anilines is 1. The molecule has 1 saturated carbocycles. The van der Waals surface area contributed by atoms with Gasteiger partial charge in [0.25, 0.3) is 11.5 Å². The van der Waals surface area contributed by atoms with Gasteiger partial charge < -0.3 is 20.1 Å². The highest BCUT2D eigenvalue weighted by atomic mass is 35.5. The summed E-state index contributed by atoms with van der Waals surface area (Å²) >= 11 is 6.53. The SMILES string of the molecule is CCCc1cc(C)[nH]c(=O)c1CNC(=O)c1cc(Cl)cc(N(CC)C2CCC(N(C)C)CC2)c1C. The Bertz CT molecular complexity index is 1090. The lowest BCUT2D eigenvalue weighted by Gasteiger charge is -2.40. The second kappa shape index (κ2) is 12.1. The van der Waals surface area contributed by atoms with Crippen molar-refractivity contribution in [3.63, 3.8) is 0 Å². The summed E-state index contributed by atoms with van der Waals surface area (Å²) < 4.78 is 0. The smallest absolute Gasteiger partial charge is 0.253 e. The molecule has 1 aromatic heterocycles. The molecule has 1 fully saturated rings. The van der Waals surface area contributed by atoms with E-state index in [2.05, 4.69) is 48.0 Å². The van der Waals surface area contributed by atoms with E-state index in [0.29, 0.717) is 28.2 Å². The summed E-state index contributed by atoms with van der Waals surface area (Å²) in [5.74, 6) is -0.207. The van der Waals surface area contributed by atoms with E-state index in [4.69, 9.17) is 11.6 Å². The number of pyridine rings is 1. The van der Waals surface area contributed by atoms with Crippen molar-refractivity contribution in [1.82, 2.24) is 15.2 Å². The van der Waals surface area contributed by atoms with Crippen molar-refractivity contribution in [2.75, 3.05) is 25.5 Å². The number of benzene rings is 1. The van der Waals surface area contributed by atoms with Crippen LogP contribution in [0.4, 0.5) is 5.69 Å². The second-order valence-corrected chi connectivity index (χ2v) is 10.5. The molecule has 2 N–H and O–H groups in total. The predicted octanol–water partition coefficient (Wildman–Crippen LogP) is 5.23. The average molecular weight is 501 g/mol. The molecule has 1 amide bonds. The standard InChI is InChI=1S/C28H41ClN4O2/c1-7-9-20-14-18(3)31-28(35)25(20)17-30-27(34)24-15-21(29)16-26(19(24)4)33(8-2)23-12-10-22(11-13-23)32(5)6/h14-16,22-23H,7-13,17H2,1-6H3,(H,30,34)(H,31,35). The van der Waals surface area contributed by atoms with Gasteiger partial charge in [0.15, 0.2) is 0 Å². The van der Waals surface area contributed by atoms with Crippen molar-refractivity contribution in [1.29, 1.82) is 0 Å². The molecule has 0 saturated heterocycles. The van der Waals surface area contributed by atoms with Gasteiger partial charge in [-0.15, -0.1) is 0 Å². The van der Waals surface area contributed by atoms with Gasteiger partial charge in [-0.1, -0.05) is 24.9 Å². The van der Waals surface area contributed by atoms with Gasteiger partial charge in [0.1, 0.15) is 0 Å². The van der Waals surface area contributed by atoms with Crippen molar-refractivity contribution < 1.29 is 4.79 Å². The highest BCUT2D eigenvalue weighted by molar-refractivity contribution is 6.31. The number of aromatic nitrogens is 1. The molecule has 3 rings (SSSR count). The molecule has 7 heteroatoms. The molecule has 192 valence electrons. The van der Waals surface area contributed by atoms with Crippen LogP contribution in [0.15, 0.2) is 23.0 Å². The van der Waals surface area contributed by atoms with Crippen LogP contribution < -0.4 is 15.8 Å². The fraction of sp³-hybridized carbons (Fsp3) is 0.571. The van der Waals surface area contributed by atoms with E-state index >= 15 is 0 Å². The first-order valence-corrected chi connectivity index (χ1v) is 13.3. The van der Waals surface area contributed by atoms with E-state index in [1.807, 2.05) is 26.0 Å². The molecule has 0 radical (unpaired) electrons. The van der Waals surface area contributed by atoms with Crippen LogP contribution in [0.2, 0.25) is 5.02 Å². The van der Waals surface area contributed by atoms with E-state index in [-0.39, 0.29) is 18.0 Å². The van der Waals surface area contributed by atoms with Gasteiger partial charge in [-0.25, -0.2) is 0 Å². The van der Waals surface area contributed by atoms with Gasteiger partial charge in [0.2, 0.25) is 0 Å². The minimum atomic E-state index is -0.207. The third-order valence-electron chi connectivity index (χ3n) is 7.39. The Labute approximate surface area is 215 Å². The van der Waals surface area contributed by atoms with E-state index < -0.39 is 0 Å².